The van der Waals surface area contributed by atoms with Gasteiger partial charge in [-0.3, -0.25) is 9.78 Å². The number of hydrogen-bond acceptors (Lipinski definition) is 4. The minimum absolute atomic E-state index is 0.00834. The lowest BCUT2D eigenvalue weighted by molar-refractivity contribution is -0.120. The lowest BCUT2D eigenvalue weighted by Crippen LogP contribution is -2.46. The van der Waals surface area contributed by atoms with Gasteiger partial charge in [0, 0.05) is 30.0 Å². The van der Waals surface area contributed by atoms with Gasteiger partial charge in [0.15, 0.2) is 0 Å². The van der Waals surface area contributed by atoms with Gasteiger partial charge in [-0.25, -0.2) is 13.1 Å². The molecular weight excluding hydrogens is 398 g/mol. The highest BCUT2D eigenvalue weighted by Crippen LogP contribution is 2.27. The molecule has 0 aliphatic heterocycles. The van der Waals surface area contributed by atoms with Crippen LogP contribution in [0.4, 0.5) is 5.69 Å². The molecule has 7 heteroatoms. The molecule has 0 saturated heterocycles. The standard InChI is InChI=1S/C23H31N3O3S/c1-23(2,3)30(28,29)26-21-10-6-19(7-11-21)22(27)25-20-8-4-17(5-9-20)16-18-12-14-24-15-13-18/h4-5,8-9,12-15,19,21,26H,6-7,10-11,16H2,1-3H3,(H,25,27)/t19-,21-. The van der Waals surface area contributed by atoms with Gasteiger partial charge in [-0.05, 0) is 88.3 Å². The van der Waals surface area contributed by atoms with E-state index < -0.39 is 14.8 Å². The van der Waals surface area contributed by atoms with Crippen molar-refractivity contribution in [2.75, 3.05) is 5.32 Å². The maximum Gasteiger partial charge on any atom is 0.227 e. The molecule has 30 heavy (non-hydrogen) atoms. The van der Waals surface area contributed by atoms with Gasteiger partial charge < -0.3 is 5.32 Å². The first-order chi connectivity index (χ1) is 14.1. The summed E-state index contributed by atoms with van der Waals surface area (Å²) in [5.41, 5.74) is 3.15. The van der Waals surface area contributed by atoms with Gasteiger partial charge in [-0.2, -0.15) is 0 Å². The van der Waals surface area contributed by atoms with Crippen LogP contribution in [0.2, 0.25) is 0 Å². The van der Waals surface area contributed by atoms with Crippen molar-refractivity contribution >= 4 is 21.6 Å². The second-order valence-electron chi connectivity index (χ2n) is 9.00. The monoisotopic (exact) mass is 429 g/mol. The van der Waals surface area contributed by atoms with Crippen LogP contribution in [0, 0.1) is 5.92 Å². The average molecular weight is 430 g/mol. The number of anilines is 1. The number of carbonyl (C=O) groups excluding carboxylic acids is 1. The number of nitrogens with zero attached hydrogens (tertiary/aromatic N) is 1. The third kappa shape index (κ3) is 5.89. The number of nitrogens with one attached hydrogen (secondary N) is 2. The average Bonchev–Trinajstić information content (AvgIpc) is 2.70. The van der Waals surface area contributed by atoms with Crippen LogP contribution in [0.1, 0.15) is 57.6 Å². The number of amides is 1. The van der Waals surface area contributed by atoms with Crippen LogP contribution in [0.15, 0.2) is 48.8 Å². The second-order valence-corrected chi connectivity index (χ2v) is 11.5. The fourth-order valence-corrected chi connectivity index (χ4v) is 4.58. The predicted octanol–water partition coefficient (Wildman–Crippen LogP) is 3.89. The first-order valence-electron chi connectivity index (χ1n) is 10.4. The molecule has 1 saturated carbocycles. The Kier molecular flexibility index (Phi) is 6.93. The van der Waals surface area contributed by atoms with E-state index in [4.69, 9.17) is 0 Å². The van der Waals surface area contributed by atoms with Crippen LogP contribution in [-0.2, 0) is 21.2 Å². The third-order valence-electron chi connectivity index (χ3n) is 5.61. The number of aromatic nitrogens is 1. The Morgan fingerprint density at radius 1 is 0.967 bits per heavy atom. The molecule has 0 radical (unpaired) electrons. The zero-order valence-electron chi connectivity index (χ0n) is 17.9. The molecule has 0 unspecified atom stereocenters. The number of benzene rings is 1. The van der Waals surface area contributed by atoms with Gasteiger partial charge in [-0.1, -0.05) is 12.1 Å². The Morgan fingerprint density at radius 3 is 2.10 bits per heavy atom. The van der Waals surface area contributed by atoms with Gasteiger partial charge >= 0.3 is 0 Å². The molecule has 1 amide bonds. The van der Waals surface area contributed by atoms with E-state index in [9.17, 15) is 13.2 Å². The highest BCUT2D eigenvalue weighted by Gasteiger charge is 2.34. The van der Waals surface area contributed by atoms with E-state index in [0.29, 0.717) is 25.7 Å². The first kappa shape index (κ1) is 22.4. The highest BCUT2D eigenvalue weighted by atomic mass is 32.2. The van der Waals surface area contributed by atoms with Gasteiger partial charge in [0.1, 0.15) is 0 Å². The van der Waals surface area contributed by atoms with Crippen molar-refractivity contribution in [1.29, 1.82) is 0 Å². The number of pyridine rings is 1. The zero-order valence-corrected chi connectivity index (χ0v) is 18.7. The molecule has 6 nitrogen and oxygen atoms in total. The molecule has 162 valence electrons. The number of carbonyl (C=O) groups is 1. The van der Waals surface area contributed by atoms with E-state index in [-0.39, 0.29) is 17.9 Å². The van der Waals surface area contributed by atoms with Crippen molar-refractivity contribution in [2.45, 2.75) is 63.7 Å². The smallest absolute Gasteiger partial charge is 0.227 e. The molecule has 1 heterocycles. The summed E-state index contributed by atoms with van der Waals surface area (Å²) >= 11 is 0. The molecule has 0 bridgehead atoms. The highest BCUT2D eigenvalue weighted by molar-refractivity contribution is 7.90. The van der Waals surface area contributed by atoms with E-state index in [0.717, 1.165) is 12.1 Å². The fraction of sp³-hybridized carbons (Fsp3) is 0.478. The normalized spacial score (nSPS) is 20.0. The molecule has 1 fully saturated rings. The van der Waals surface area contributed by atoms with Gasteiger partial charge in [-0.15, -0.1) is 0 Å². The van der Waals surface area contributed by atoms with Gasteiger partial charge in [0.2, 0.25) is 15.9 Å². The Labute approximate surface area is 179 Å². The lowest BCUT2D eigenvalue weighted by atomic mass is 9.86. The Morgan fingerprint density at radius 2 is 1.53 bits per heavy atom. The van der Waals surface area contributed by atoms with E-state index in [1.165, 1.54) is 11.1 Å². The van der Waals surface area contributed by atoms with Crippen molar-refractivity contribution in [3.63, 3.8) is 0 Å². The summed E-state index contributed by atoms with van der Waals surface area (Å²) in [5, 5.41) is 3.00. The topological polar surface area (TPSA) is 88.2 Å². The van der Waals surface area contributed by atoms with Crippen LogP contribution >= 0.6 is 0 Å². The van der Waals surface area contributed by atoms with Crippen molar-refractivity contribution in [3.8, 4) is 0 Å². The van der Waals surface area contributed by atoms with Gasteiger partial charge in [0.25, 0.3) is 0 Å². The number of hydrogen-bond donors (Lipinski definition) is 2. The number of sulfonamides is 1. The van der Waals surface area contributed by atoms with Crippen molar-refractivity contribution in [1.82, 2.24) is 9.71 Å². The van der Waals surface area contributed by atoms with E-state index in [2.05, 4.69) is 15.0 Å². The molecule has 1 aliphatic carbocycles. The summed E-state index contributed by atoms with van der Waals surface area (Å²) in [7, 11) is -3.36. The Bertz CT molecular complexity index is 943. The van der Waals surface area contributed by atoms with Crippen molar-refractivity contribution < 1.29 is 13.2 Å². The maximum atomic E-state index is 12.6. The molecule has 0 atom stereocenters. The van der Waals surface area contributed by atoms with Crippen molar-refractivity contribution in [2.24, 2.45) is 5.92 Å². The Balaban J connectivity index is 1.49. The number of rotatable bonds is 6. The van der Waals surface area contributed by atoms with Crippen LogP contribution < -0.4 is 10.0 Å². The van der Waals surface area contributed by atoms with E-state index in [1.54, 1.807) is 33.2 Å². The molecular formula is C23H31N3O3S. The lowest BCUT2D eigenvalue weighted by Gasteiger charge is -2.30. The van der Waals surface area contributed by atoms with Crippen LogP contribution in [0.3, 0.4) is 0 Å². The predicted molar refractivity (Wildman–Crippen MR) is 120 cm³/mol. The second kappa shape index (κ2) is 9.27. The minimum Gasteiger partial charge on any atom is -0.326 e. The summed E-state index contributed by atoms with van der Waals surface area (Å²) in [4.78, 5) is 16.7. The quantitative estimate of drug-likeness (QED) is 0.729. The largest absolute Gasteiger partial charge is 0.326 e. The zero-order chi connectivity index (χ0) is 21.8. The minimum atomic E-state index is -3.36. The van der Waals surface area contributed by atoms with E-state index >= 15 is 0 Å². The van der Waals surface area contributed by atoms with Gasteiger partial charge in [0.05, 0.1) is 4.75 Å². The van der Waals surface area contributed by atoms with Crippen LogP contribution in [0.5, 0.6) is 0 Å². The summed E-state index contributed by atoms with van der Waals surface area (Å²) in [6.45, 7) is 5.07. The molecule has 0 spiro atoms. The summed E-state index contributed by atoms with van der Waals surface area (Å²) in [6, 6.07) is 11.8. The summed E-state index contributed by atoms with van der Waals surface area (Å²) < 4.78 is 26.6. The molecule has 1 aliphatic rings. The fourth-order valence-electron chi connectivity index (χ4n) is 3.56. The summed E-state index contributed by atoms with van der Waals surface area (Å²) in [5.74, 6) is -0.0779. The van der Waals surface area contributed by atoms with Crippen LogP contribution in [-0.4, -0.2) is 30.1 Å². The SMILES string of the molecule is CC(C)(C)S(=O)(=O)N[C@H]1CC[C@H](C(=O)Nc2ccc(Cc3ccncc3)cc2)CC1. The molecule has 1 aromatic carbocycles. The van der Waals surface area contributed by atoms with E-state index in [1.807, 2.05) is 36.4 Å². The van der Waals surface area contributed by atoms with Crippen LogP contribution in [0.25, 0.3) is 0 Å². The Hall–Kier alpha value is -2.25. The molecule has 1 aromatic heterocycles. The molecule has 2 N–H and O–H groups in total. The molecule has 2 aromatic rings. The summed E-state index contributed by atoms with van der Waals surface area (Å²) in [6.07, 6.45) is 7.12. The molecule has 3 rings (SSSR count). The van der Waals surface area contributed by atoms with Crippen molar-refractivity contribution in [3.05, 3.63) is 59.9 Å². The maximum absolute atomic E-state index is 12.6. The third-order valence-corrected chi connectivity index (χ3v) is 7.86. The first-order valence-corrected chi connectivity index (χ1v) is 11.9.